The molecule has 0 aliphatic carbocycles. The van der Waals surface area contributed by atoms with Gasteiger partial charge in [-0.3, -0.25) is 4.79 Å². The van der Waals surface area contributed by atoms with E-state index in [9.17, 15) is 4.79 Å². The van der Waals surface area contributed by atoms with E-state index in [2.05, 4.69) is 32.7 Å². The Balaban J connectivity index is 1.48. The van der Waals surface area contributed by atoms with Gasteiger partial charge in [0.05, 0.1) is 29.7 Å². The molecule has 1 aromatic heterocycles. The van der Waals surface area contributed by atoms with Crippen LogP contribution in [-0.2, 0) is 22.5 Å². The van der Waals surface area contributed by atoms with E-state index in [-0.39, 0.29) is 6.42 Å². The Hall–Kier alpha value is -3.00. The van der Waals surface area contributed by atoms with Gasteiger partial charge < -0.3 is 26.0 Å². The second kappa shape index (κ2) is 10.7. The maximum atomic E-state index is 11.5. The van der Waals surface area contributed by atoms with Crippen LogP contribution in [0.25, 0.3) is 0 Å². The number of rotatable bonds is 8. The normalized spacial score (nSPS) is 13.6. The van der Waals surface area contributed by atoms with Gasteiger partial charge in [0, 0.05) is 54.5 Å². The summed E-state index contributed by atoms with van der Waals surface area (Å²) < 4.78 is 5.42. The van der Waals surface area contributed by atoms with Gasteiger partial charge >= 0.3 is 0 Å². The lowest BCUT2D eigenvalue weighted by Gasteiger charge is -2.28. The minimum atomic E-state index is -0.422. The van der Waals surface area contributed by atoms with Crippen LogP contribution >= 0.6 is 23.2 Å². The van der Waals surface area contributed by atoms with Gasteiger partial charge in [0.15, 0.2) is 0 Å². The molecule has 0 saturated carbocycles. The number of aromatic nitrogens is 1. The Bertz CT molecular complexity index is 1120. The number of pyridine rings is 1. The third kappa shape index (κ3) is 6.28. The highest BCUT2D eigenvalue weighted by molar-refractivity contribution is 6.42. The minimum Gasteiger partial charge on any atom is -0.381 e. The van der Waals surface area contributed by atoms with Gasteiger partial charge in [0.2, 0.25) is 5.91 Å². The van der Waals surface area contributed by atoms with E-state index in [1.165, 1.54) is 0 Å². The maximum Gasteiger partial charge on any atom is 0.221 e. The van der Waals surface area contributed by atoms with Crippen molar-refractivity contribution in [1.82, 2.24) is 4.98 Å². The zero-order chi connectivity index (χ0) is 23.2. The average Bonchev–Trinajstić information content (AvgIpc) is 2.82. The molecule has 1 aliphatic rings. The van der Waals surface area contributed by atoms with Gasteiger partial charge in [0.1, 0.15) is 5.82 Å². The number of nitrogens with one attached hydrogen (secondary N) is 2. The number of halogens is 2. The van der Waals surface area contributed by atoms with Crippen molar-refractivity contribution in [2.75, 3.05) is 41.8 Å². The van der Waals surface area contributed by atoms with Crippen LogP contribution in [0.2, 0.25) is 10.0 Å². The van der Waals surface area contributed by atoms with Gasteiger partial charge in [-0.25, -0.2) is 4.98 Å². The Morgan fingerprint density at radius 2 is 1.82 bits per heavy atom. The van der Waals surface area contributed by atoms with Crippen molar-refractivity contribution in [3.8, 4) is 0 Å². The molecule has 1 aliphatic heterocycles. The van der Waals surface area contributed by atoms with Crippen molar-refractivity contribution in [1.29, 1.82) is 0 Å². The van der Waals surface area contributed by atoms with Crippen LogP contribution in [0.15, 0.2) is 54.7 Å². The second-order valence-corrected chi connectivity index (χ2v) is 8.56. The van der Waals surface area contributed by atoms with Gasteiger partial charge in [-0.05, 0) is 42.0 Å². The number of carbonyl (C=O) groups is 1. The lowest BCUT2D eigenvalue weighted by atomic mass is 10.1. The number of hydrogen-bond donors (Lipinski definition) is 3. The van der Waals surface area contributed by atoms with Crippen LogP contribution in [0.1, 0.15) is 11.1 Å². The zero-order valence-electron chi connectivity index (χ0n) is 18.0. The third-order valence-corrected chi connectivity index (χ3v) is 6.07. The van der Waals surface area contributed by atoms with E-state index < -0.39 is 5.91 Å². The Kier molecular flexibility index (Phi) is 7.54. The Labute approximate surface area is 202 Å². The summed E-state index contributed by atoms with van der Waals surface area (Å²) in [6, 6.07) is 15.5. The molecule has 1 amide bonds. The SMILES string of the molecule is NC(=O)Cc1cnc(Nc2ccc(N3CCOCC3)cc2)cc1NCc1ccc(Cl)c(Cl)c1. The fraction of sp³-hybridized carbons (Fsp3) is 0.250. The minimum absolute atomic E-state index is 0.0885. The average molecular weight is 486 g/mol. The zero-order valence-corrected chi connectivity index (χ0v) is 19.5. The van der Waals surface area contributed by atoms with E-state index in [0.29, 0.717) is 22.4 Å². The van der Waals surface area contributed by atoms with E-state index in [1.807, 2.05) is 24.3 Å². The van der Waals surface area contributed by atoms with E-state index in [0.717, 1.165) is 54.5 Å². The van der Waals surface area contributed by atoms with Crippen LogP contribution < -0.4 is 21.3 Å². The first-order valence-corrected chi connectivity index (χ1v) is 11.4. The highest BCUT2D eigenvalue weighted by atomic mass is 35.5. The number of ether oxygens (including phenoxy) is 1. The molecule has 9 heteroatoms. The molecule has 2 heterocycles. The largest absolute Gasteiger partial charge is 0.381 e. The molecule has 0 unspecified atom stereocenters. The first-order valence-electron chi connectivity index (χ1n) is 10.6. The fourth-order valence-electron chi connectivity index (χ4n) is 3.62. The monoisotopic (exact) mass is 485 g/mol. The number of benzene rings is 2. The standard InChI is InChI=1S/C24H25Cl2N5O2/c25-20-6-1-16(11-21(20)26)14-28-22-13-24(29-15-17(22)12-23(27)32)30-18-2-4-19(5-3-18)31-7-9-33-10-8-31/h1-6,11,13,15H,7-10,12,14H2,(H2,27,32)(H2,28,29,30). The molecule has 2 aromatic carbocycles. The molecule has 0 spiro atoms. The van der Waals surface area contributed by atoms with Crippen molar-refractivity contribution in [3.63, 3.8) is 0 Å². The number of primary amides is 1. The number of anilines is 4. The second-order valence-electron chi connectivity index (χ2n) is 7.74. The lowest BCUT2D eigenvalue weighted by Crippen LogP contribution is -2.36. The molecule has 0 bridgehead atoms. The number of hydrogen-bond acceptors (Lipinski definition) is 6. The molecule has 7 nitrogen and oxygen atoms in total. The van der Waals surface area contributed by atoms with Crippen LogP contribution in [-0.4, -0.2) is 37.2 Å². The highest BCUT2D eigenvalue weighted by Crippen LogP contribution is 2.26. The molecule has 4 rings (SSSR count). The molecular weight excluding hydrogens is 461 g/mol. The molecule has 0 atom stereocenters. The Morgan fingerprint density at radius 1 is 1.06 bits per heavy atom. The maximum absolute atomic E-state index is 11.5. The smallest absolute Gasteiger partial charge is 0.221 e. The summed E-state index contributed by atoms with van der Waals surface area (Å²) in [5.74, 6) is 0.229. The molecule has 172 valence electrons. The molecule has 33 heavy (non-hydrogen) atoms. The first-order chi connectivity index (χ1) is 16.0. The number of carbonyl (C=O) groups excluding carboxylic acids is 1. The van der Waals surface area contributed by atoms with E-state index in [4.69, 9.17) is 33.7 Å². The molecular formula is C24H25Cl2N5O2. The summed E-state index contributed by atoms with van der Waals surface area (Å²) in [6.45, 7) is 3.78. The highest BCUT2D eigenvalue weighted by Gasteiger charge is 2.12. The summed E-state index contributed by atoms with van der Waals surface area (Å²) in [4.78, 5) is 18.3. The summed E-state index contributed by atoms with van der Waals surface area (Å²) >= 11 is 12.1. The summed E-state index contributed by atoms with van der Waals surface area (Å²) in [5.41, 5.74) is 9.94. The van der Waals surface area contributed by atoms with Gasteiger partial charge in [0.25, 0.3) is 0 Å². The van der Waals surface area contributed by atoms with Crippen molar-refractivity contribution in [2.45, 2.75) is 13.0 Å². The summed E-state index contributed by atoms with van der Waals surface area (Å²) in [6.07, 6.45) is 1.75. The molecule has 0 radical (unpaired) electrons. The summed E-state index contributed by atoms with van der Waals surface area (Å²) in [7, 11) is 0. The predicted molar refractivity (Wildman–Crippen MR) is 134 cm³/mol. The summed E-state index contributed by atoms with van der Waals surface area (Å²) in [5, 5.41) is 7.67. The number of amides is 1. The van der Waals surface area contributed by atoms with Crippen LogP contribution in [0.5, 0.6) is 0 Å². The van der Waals surface area contributed by atoms with Crippen LogP contribution in [0.4, 0.5) is 22.9 Å². The lowest BCUT2D eigenvalue weighted by molar-refractivity contribution is -0.117. The number of nitrogens with two attached hydrogens (primary N) is 1. The molecule has 1 fully saturated rings. The van der Waals surface area contributed by atoms with E-state index in [1.54, 1.807) is 18.3 Å². The fourth-order valence-corrected chi connectivity index (χ4v) is 3.94. The third-order valence-electron chi connectivity index (χ3n) is 5.33. The number of nitrogens with zero attached hydrogens (tertiary/aromatic N) is 2. The van der Waals surface area contributed by atoms with Crippen molar-refractivity contribution >= 4 is 52.0 Å². The predicted octanol–water partition coefficient (Wildman–Crippen LogP) is 4.61. The number of morpholine rings is 1. The van der Waals surface area contributed by atoms with Crippen LogP contribution in [0.3, 0.4) is 0 Å². The quantitative estimate of drug-likeness (QED) is 0.431. The first kappa shape index (κ1) is 23.2. The van der Waals surface area contributed by atoms with Crippen molar-refractivity contribution in [3.05, 3.63) is 75.9 Å². The van der Waals surface area contributed by atoms with Gasteiger partial charge in [-0.1, -0.05) is 29.3 Å². The van der Waals surface area contributed by atoms with Gasteiger partial charge in [-0.15, -0.1) is 0 Å². The molecule has 4 N–H and O–H groups in total. The van der Waals surface area contributed by atoms with Crippen molar-refractivity contribution < 1.29 is 9.53 Å². The Morgan fingerprint density at radius 3 is 2.52 bits per heavy atom. The van der Waals surface area contributed by atoms with E-state index >= 15 is 0 Å². The van der Waals surface area contributed by atoms with Crippen molar-refractivity contribution in [2.24, 2.45) is 5.73 Å². The molecule has 3 aromatic rings. The topological polar surface area (TPSA) is 92.5 Å². The molecule has 1 saturated heterocycles. The van der Waals surface area contributed by atoms with Gasteiger partial charge in [-0.2, -0.15) is 0 Å². The van der Waals surface area contributed by atoms with Crippen LogP contribution in [0, 0.1) is 0 Å².